The molecule has 0 saturated carbocycles. The summed E-state index contributed by atoms with van der Waals surface area (Å²) in [7, 11) is 0. The number of hydrogen-bond acceptors (Lipinski definition) is 5. The van der Waals surface area contributed by atoms with Crippen molar-refractivity contribution < 1.29 is 17.9 Å². The third-order valence-electron chi connectivity index (χ3n) is 4.92. The first-order chi connectivity index (χ1) is 12.9. The lowest BCUT2D eigenvalue weighted by atomic mass is 10.1. The lowest BCUT2D eigenvalue weighted by Crippen LogP contribution is -2.42. The van der Waals surface area contributed by atoms with Crippen molar-refractivity contribution in [2.75, 3.05) is 25.0 Å². The van der Waals surface area contributed by atoms with Gasteiger partial charge < -0.3 is 10.1 Å². The van der Waals surface area contributed by atoms with Crippen LogP contribution in [0.1, 0.15) is 23.9 Å². The highest BCUT2D eigenvalue weighted by atomic mass is 35.5. The minimum atomic E-state index is -4.55. The van der Waals surface area contributed by atoms with E-state index in [9.17, 15) is 13.2 Å². The molecule has 2 aromatic rings. The smallest absolute Gasteiger partial charge is 0.371 e. The fourth-order valence-electron chi connectivity index (χ4n) is 3.64. The number of halogens is 4. The Kier molecular flexibility index (Phi) is 4.96. The molecular formula is C18H18ClF3N4O. The largest absolute Gasteiger partial charge is 0.451 e. The van der Waals surface area contributed by atoms with Crippen LogP contribution in [0.15, 0.2) is 36.5 Å². The van der Waals surface area contributed by atoms with Gasteiger partial charge in [-0.25, -0.2) is 9.97 Å². The van der Waals surface area contributed by atoms with E-state index >= 15 is 0 Å². The van der Waals surface area contributed by atoms with Crippen LogP contribution in [0.2, 0.25) is 5.02 Å². The van der Waals surface area contributed by atoms with E-state index in [1.54, 1.807) is 0 Å². The summed E-state index contributed by atoms with van der Waals surface area (Å²) in [4.78, 5) is 9.19. The number of benzene rings is 1. The first kappa shape index (κ1) is 18.5. The molecule has 3 atom stereocenters. The Morgan fingerprint density at radius 3 is 2.67 bits per heavy atom. The zero-order valence-corrected chi connectivity index (χ0v) is 15.0. The highest BCUT2D eigenvalue weighted by Gasteiger charge is 2.38. The summed E-state index contributed by atoms with van der Waals surface area (Å²) in [5.74, 6) is -0.938. The van der Waals surface area contributed by atoms with Crippen molar-refractivity contribution in [1.29, 1.82) is 0 Å². The third-order valence-corrected chi connectivity index (χ3v) is 5.17. The van der Waals surface area contributed by atoms with Crippen LogP contribution in [-0.2, 0) is 10.9 Å². The molecule has 0 bridgehead atoms. The molecule has 2 saturated heterocycles. The molecule has 0 amide bonds. The molecule has 2 fully saturated rings. The molecule has 27 heavy (non-hydrogen) atoms. The van der Waals surface area contributed by atoms with E-state index in [0.717, 1.165) is 31.3 Å². The Morgan fingerprint density at radius 2 is 1.93 bits per heavy atom. The fraction of sp³-hybridized carbons (Fsp3) is 0.444. The van der Waals surface area contributed by atoms with Crippen molar-refractivity contribution in [2.45, 2.75) is 30.8 Å². The van der Waals surface area contributed by atoms with Gasteiger partial charge in [0.05, 0.1) is 12.7 Å². The molecule has 0 unspecified atom stereocenters. The average molecular weight is 399 g/mol. The molecule has 3 heterocycles. The van der Waals surface area contributed by atoms with Crippen LogP contribution in [0.4, 0.5) is 19.0 Å². The molecule has 4 rings (SSSR count). The summed E-state index contributed by atoms with van der Waals surface area (Å²) in [5.41, 5.74) is 1.07. The number of hydrogen-bond donors (Lipinski definition) is 1. The first-order valence-electron chi connectivity index (χ1n) is 8.66. The third kappa shape index (κ3) is 4.17. The van der Waals surface area contributed by atoms with Crippen LogP contribution in [0.25, 0.3) is 0 Å². The second-order valence-corrected chi connectivity index (χ2v) is 7.26. The molecule has 9 heteroatoms. The van der Waals surface area contributed by atoms with Crippen molar-refractivity contribution in [2.24, 2.45) is 0 Å². The van der Waals surface area contributed by atoms with Gasteiger partial charge in [0, 0.05) is 36.4 Å². The first-order valence-corrected chi connectivity index (χ1v) is 9.04. The van der Waals surface area contributed by atoms with Crippen LogP contribution < -0.4 is 5.32 Å². The molecule has 0 aliphatic carbocycles. The summed E-state index contributed by atoms with van der Waals surface area (Å²) in [6.07, 6.45) is -2.67. The van der Waals surface area contributed by atoms with Gasteiger partial charge in [-0.05, 0) is 30.2 Å². The second-order valence-electron chi connectivity index (χ2n) is 6.82. The highest BCUT2D eigenvalue weighted by Crippen LogP contribution is 2.32. The van der Waals surface area contributed by atoms with Crippen LogP contribution in [0.3, 0.4) is 0 Å². The molecule has 1 N–H and O–H groups in total. The van der Waals surface area contributed by atoms with E-state index in [-0.39, 0.29) is 24.0 Å². The van der Waals surface area contributed by atoms with Gasteiger partial charge in [-0.3, -0.25) is 4.90 Å². The number of nitrogens with one attached hydrogen (secondary N) is 1. The molecule has 0 radical (unpaired) electrons. The average Bonchev–Trinajstić information content (AvgIpc) is 3.03. The van der Waals surface area contributed by atoms with Crippen molar-refractivity contribution in [1.82, 2.24) is 14.9 Å². The van der Waals surface area contributed by atoms with E-state index in [4.69, 9.17) is 16.3 Å². The Morgan fingerprint density at radius 1 is 1.15 bits per heavy atom. The summed E-state index contributed by atoms with van der Waals surface area (Å²) < 4.78 is 44.3. The van der Waals surface area contributed by atoms with Gasteiger partial charge in [0.25, 0.3) is 0 Å². The SMILES string of the molecule is FC(F)(F)c1nccc(N[C@@H]2C[C@H]3CO[C@@H](c4ccc(Cl)cc4)CN3C2)n1. The lowest BCUT2D eigenvalue weighted by molar-refractivity contribution is -0.144. The number of morpholine rings is 1. The van der Waals surface area contributed by atoms with Gasteiger partial charge in [-0.2, -0.15) is 13.2 Å². The molecule has 2 aliphatic heterocycles. The maximum absolute atomic E-state index is 12.8. The zero-order chi connectivity index (χ0) is 19.0. The number of anilines is 1. The number of ether oxygens (including phenoxy) is 1. The van der Waals surface area contributed by atoms with Crippen LogP contribution >= 0.6 is 11.6 Å². The Bertz CT molecular complexity index is 802. The maximum Gasteiger partial charge on any atom is 0.451 e. The van der Waals surface area contributed by atoms with Crippen LogP contribution in [-0.4, -0.2) is 46.6 Å². The van der Waals surface area contributed by atoms with Gasteiger partial charge in [-0.1, -0.05) is 23.7 Å². The van der Waals surface area contributed by atoms with E-state index < -0.39 is 12.0 Å². The topological polar surface area (TPSA) is 50.3 Å². The summed E-state index contributed by atoms with van der Waals surface area (Å²) >= 11 is 5.93. The predicted molar refractivity (Wildman–Crippen MR) is 94.6 cm³/mol. The Hall–Kier alpha value is -1.90. The second kappa shape index (κ2) is 7.26. The number of nitrogens with zero attached hydrogens (tertiary/aromatic N) is 3. The number of aromatic nitrogens is 2. The molecule has 2 aliphatic rings. The van der Waals surface area contributed by atoms with E-state index in [1.165, 1.54) is 6.07 Å². The molecule has 144 valence electrons. The minimum Gasteiger partial charge on any atom is -0.371 e. The molecule has 0 spiro atoms. The number of rotatable bonds is 3. The van der Waals surface area contributed by atoms with E-state index in [0.29, 0.717) is 11.6 Å². The van der Waals surface area contributed by atoms with Crippen molar-refractivity contribution in [3.63, 3.8) is 0 Å². The highest BCUT2D eigenvalue weighted by molar-refractivity contribution is 6.30. The van der Waals surface area contributed by atoms with Gasteiger partial charge >= 0.3 is 6.18 Å². The van der Waals surface area contributed by atoms with Crippen molar-refractivity contribution >= 4 is 17.4 Å². The quantitative estimate of drug-likeness (QED) is 0.852. The van der Waals surface area contributed by atoms with Gasteiger partial charge in [-0.15, -0.1) is 0 Å². The molecular weight excluding hydrogens is 381 g/mol. The van der Waals surface area contributed by atoms with E-state index in [1.807, 2.05) is 24.3 Å². The van der Waals surface area contributed by atoms with Gasteiger partial charge in [0.2, 0.25) is 5.82 Å². The minimum absolute atomic E-state index is 0.0125. The molecule has 1 aromatic heterocycles. The Labute approximate surface area is 159 Å². The van der Waals surface area contributed by atoms with Gasteiger partial charge in [0.1, 0.15) is 5.82 Å². The predicted octanol–water partition coefficient (Wildman–Crippen LogP) is 3.78. The lowest BCUT2D eigenvalue weighted by Gasteiger charge is -2.35. The number of fused-ring (bicyclic) bond motifs is 1. The number of alkyl halides is 3. The standard InChI is InChI=1S/C18H18ClF3N4O/c19-12-3-1-11(2-4-12)15-9-26-8-13(7-14(26)10-27-15)24-16-5-6-23-17(25-16)18(20,21)22/h1-6,13-15H,7-10H2,(H,23,24,25)/t13-,14+,15-/m1/s1. The van der Waals surface area contributed by atoms with Crippen LogP contribution in [0.5, 0.6) is 0 Å². The van der Waals surface area contributed by atoms with Crippen molar-refractivity contribution in [3.05, 3.63) is 52.9 Å². The summed E-state index contributed by atoms with van der Waals surface area (Å²) in [6.45, 7) is 2.05. The van der Waals surface area contributed by atoms with Gasteiger partial charge in [0.15, 0.2) is 0 Å². The van der Waals surface area contributed by atoms with Crippen molar-refractivity contribution in [3.8, 4) is 0 Å². The summed E-state index contributed by atoms with van der Waals surface area (Å²) in [5, 5.41) is 3.79. The normalized spacial score (nSPS) is 26.0. The van der Waals surface area contributed by atoms with E-state index in [2.05, 4.69) is 20.2 Å². The summed E-state index contributed by atoms with van der Waals surface area (Å²) in [6, 6.07) is 9.31. The molecule has 5 nitrogen and oxygen atoms in total. The fourth-order valence-corrected chi connectivity index (χ4v) is 3.77. The molecule has 1 aromatic carbocycles. The monoisotopic (exact) mass is 398 g/mol. The maximum atomic E-state index is 12.8. The Balaban J connectivity index is 1.39. The van der Waals surface area contributed by atoms with Crippen LogP contribution in [0, 0.1) is 0 Å². The zero-order valence-electron chi connectivity index (χ0n) is 14.3.